The molecular weight excluding hydrogens is 855 g/mol. The number of ketones is 1. The summed E-state index contributed by atoms with van der Waals surface area (Å²) in [5, 5.41) is 12.3. The van der Waals surface area contributed by atoms with Crippen LogP contribution in [0.25, 0.3) is 0 Å². The second kappa shape index (κ2) is 19.5. The number of anilines is 1. The number of methoxy groups -OCH3 is 2. The van der Waals surface area contributed by atoms with E-state index in [0.717, 1.165) is 96.4 Å². The van der Waals surface area contributed by atoms with Gasteiger partial charge < -0.3 is 29.0 Å². The first-order valence-corrected chi connectivity index (χ1v) is 27.8. The number of nitrogens with zero attached hydrogens (tertiary/aromatic N) is 1. The Morgan fingerprint density at radius 2 is 1.75 bits per heavy atom. The van der Waals surface area contributed by atoms with Crippen molar-refractivity contribution in [2.24, 2.45) is 63.6 Å². The zero-order valence-corrected chi connectivity index (χ0v) is 43.3. The van der Waals surface area contributed by atoms with Crippen molar-refractivity contribution in [2.45, 2.75) is 167 Å². The molecule has 6 fully saturated rings. The summed E-state index contributed by atoms with van der Waals surface area (Å²) < 4.78 is 25.1. The van der Waals surface area contributed by atoms with E-state index < -0.39 is 5.60 Å². The molecule has 0 aromatic heterocycles. The lowest BCUT2D eigenvalue weighted by Crippen LogP contribution is -2.62. The van der Waals surface area contributed by atoms with Crippen LogP contribution in [0.15, 0.2) is 47.1 Å². The molecule has 0 aliphatic heterocycles. The SMILES string of the molecule is CC#C[C@]1(OC)CCC2C3CCC4=CC(=O)CCC4=C3[C@@H](c3ccc(N(C)CCO[C@H]4CC[C@@]5(C)[C@@H](C4)C[C@@H](OCSC)[C@@H]4[C@@H]5C[C@H](O)[C@]5(C)C([C@H](C)CCC(=O)OC)CC[C@@H]45)cc3)C[C@@]21C. The zero-order valence-electron chi connectivity index (χ0n) is 42.5. The minimum Gasteiger partial charge on any atom is -0.469 e. The minimum atomic E-state index is -0.437. The Balaban J connectivity index is 0.861. The number of aliphatic hydroxyl groups is 1. The fraction of sp³-hybridized carbons (Fsp3) is 0.759. The highest BCUT2D eigenvalue weighted by Gasteiger charge is 2.67. The van der Waals surface area contributed by atoms with Crippen LogP contribution in [0.3, 0.4) is 0 Å². The molecule has 1 aromatic rings. The van der Waals surface area contributed by atoms with Gasteiger partial charge in [0.1, 0.15) is 5.60 Å². The number of thioether (sulfide) groups is 1. The van der Waals surface area contributed by atoms with Crippen molar-refractivity contribution in [3.8, 4) is 11.8 Å². The Hall–Kier alpha value is -2.61. The molecular formula is C58H83NO7S. The number of hydrogen-bond acceptors (Lipinski definition) is 9. The quantitative estimate of drug-likeness (QED) is 0.111. The number of carbonyl (C=O) groups excluding carboxylic acids is 2. The Morgan fingerprint density at radius 1 is 0.955 bits per heavy atom. The second-order valence-corrected chi connectivity index (χ2v) is 24.3. The van der Waals surface area contributed by atoms with Crippen molar-refractivity contribution in [3.05, 3.63) is 52.6 Å². The average Bonchev–Trinajstić information content (AvgIpc) is 3.84. The lowest BCUT2D eigenvalue weighted by atomic mass is 9.43. The molecule has 9 rings (SSSR count). The number of aliphatic hydroxyl groups excluding tert-OH is 1. The van der Waals surface area contributed by atoms with Crippen molar-refractivity contribution in [1.29, 1.82) is 0 Å². The zero-order chi connectivity index (χ0) is 47.5. The van der Waals surface area contributed by atoms with Crippen LogP contribution in [0.1, 0.15) is 149 Å². The molecule has 8 nitrogen and oxygen atoms in total. The van der Waals surface area contributed by atoms with E-state index in [1.165, 1.54) is 29.5 Å². The maximum absolute atomic E-state index is 12.6. The van der Waals surface area contributed by atoms with Crippen molar-refractivity contribution >= 4 is 29.2 Å². The summed E-state index contributed by atoms with van der Waals surface area (Å²) in [6, 6.07) is 9.39. The number of esters is 1. The topological polar surface area (TPSA) is 94.5 Å². The Morgan fingerprint density at radius 3 is 2.48 bits per heavy atom. The third kappa shape index (κ3) is 8.43. The number of benzene rings is 1. The highest BCUT2D eigenvalue weighted by Crippen LogP contribution is 2.70. The number of carbonyl (C=O) groups is 2. The van der Waals surface area contributed by atoms with Crippen LogP contribution in [-0.4, -0.2) is 87.4 Å². The lowest BCUT2D eigenvalue weighted by Gasteiger charge is -2.64. The van der Waals surface area contributed by atoms with E-state index >= 15 is 0 Å². The molecule has 8 aliphatic carbocycles. The van der Waals surface area contributed by atoms with Crippen LogP contribution in [0.5, 0.6) is 0 Å². The molecule has 368 valence electrons. The molecule has 1 N–H and O–H groups in total. The highest BCUT2D eigenvalue weighted by atomic mass is 32.2. The molecule has 16 atom stereocenters. The molecule has 6 saturated carbocycles. The van der Waals surface area contributed by atoms with Crippen LogP contribution in [0.2, 0.25) is 0 Å². The Labute approximate surface area is 407 Å². The first-order valence-electron chi connectivity index (χ1n) is 26.4. The van der Waals surface area contributed by atoms with E-state index in [1.54, 1.807) is 17.3 Å². The van der Waals surface area contributed by atoms with Gasteiger partial charge in [-0.1, -0.05) is 51.3 Å². The molecule has 9 heteroatoms. The van der Waals surface area contributed by atoms with E-state index in [0.29, 0.717) is 72.7 Å². The van der Waals surface area contributed by atoms with Crippen LogP contribution in [0.4, 0.5) is 5.69 Å². The molecule has 0 radical (unpaired) electrons. The van der Waals surface area contributed by atoms with Gasteiger partial charge in [-0.25, -0.2) is 0 Å². The summed E-state index contributed by atoms with van der Waals surface area (Å²) >= 11 is 1.77. The van der Waals surface area contributed by atoms with Crippen molar-refractivity contribution in [3.63, 3.8) is 0 Å². The summed E-state index contributed by atoms with van der Waals surface area (Å²) in [4.78, 5) is 27.1. The first kappa shape index (κ1) is 49.4. The molecule has 3 unspecified atom stereocenters. The van der Waals surface area contributed by atoms with E-state index in [1.807, 2.05) is 20.1 Å². The molecule has 1 aromatic carbocycles. The number of likely N-dealkylation sites (N-methyl/N-ethyl adjacent to an activating group) is 1. The molecule has 0 saturated heterocycles. The van der Waals surface area contributed by atoms with Crippen LogP contribution in [0, 0.1) is 75.4 Å². The smallest absolute Gasteiger partial charge is 0.305 e. The number of ether oxygens (including phenoxy) is 4. The normalized spacial score (nSPS) is 41.3. The molecule has 0 heterocycles. The Kier molecular flexibility index (Phi) is 14.4. The van der Waals surface area contributed by atoms with Crippen molar-refractivity contribution in [2.75, 3.05) is 51.5 Å². The number of hydrogen-bond donors (Lipinski definition) is 1. The van der Waals surface area contributed by atoms with E-state index in [-0.39, 0.29) is 52.2 Å². The summed E-state index contributed by atoms with van der Waals surface area (Å²) in [5.41, 5.74) is 6.46. The minimum absolute atomic E-state index is 0.0625. The van der Waals surface area contributed by atoms with Gasteiger partial charge in [0.2, 0.25) is 0 Å². The van der Waals surface area contributed by atoms with Gasteiger partial charge >= 0.3 is 5.97 Å². The fourth-order valence-corrected chi connectivity index (χ4v) is 17.7. The standard InChI is InChI=1S/C58H83NO7S/c1-10-25-58(64-8)27-24-47-44-18-14-38-30-41(60)17-19-43(38)53(44)45(34-56(47,58)4)37-12-15-40(16-13-37)59(6)28-29-65-42-23-26-55(3)39(31-42)32-50(66-35-67-9)54-48-21-20-46(36(2)11-22-52(62)63-7)57(48,5)51(61)33-49(54)55/h12-13,15-16,30,36,39,42,44-51,54,61H,11,14,17-24,26-29,31-35H2,1-9H3/t36-,39+,42+,44?,45-,46?,47?,48+,49+,50-,51+,54+,55+,56+,57-,58+/m1/s1. The molecule has 0 spiro atoms. The fourth-order valence-electron chi connectivity index (χ4n) is 17.4. The highest BCUT2D eigenvalue weighted by molar-refractivity contribution is 7.98. The third-order valence-corrected chi connectivity index (χ3v) is 21.3. The second-order valence-electron chi connectivity index (χ2n) is 23.5. The van der Waals surface area contributed by atoms with Gasteiger partial charge in [0, 0.05) is 50.6 Å². The molecule has 8 aliphatic rings. The number of rotatable bonds is 14. The third-order valence-electron chi connectivity index (χ3n) is 21.0. The maximum Gasteiger partial charge on any atom is 0.305 e. The monoisotopic (exact) mass is 938 g/mol. The van der Waals surface area contributed by atoms with Crippen LogP contribution in [-0.2, 0) is 28.5 Å². The van der Waals surface area contributed by atoms with Gasteiger partial charge in [0.05, 0.1) is 38.0 Å². The largest absolute Gasteiger partial charge is 0.469 e. The molecule has 0 amide bonds. The van der Waals surface area contributed by atoms with Gasteiger partial charge in [-0.05, 0) is 196 Å². The van der Waals surface area contributed by atoms with Crippen LogP contribution >= 0.6 is 11.8 Å². The summed E-state index contributed by atoms with van der Waals surface area (Å²) in [6.07, 6.45) is 19.6. The molecule has 67 heavy (non-hydrogen) atoms. The summed E-state index contributed by atoms with van der Waals surface area (Å²) in [6.45, 7) is 13.2. The van der Waals surface area contributed by atoms with Crippen molar-refractivity contribution in [1.82, 2.24) is 0 Å². The van der Waals surface area contributed by atoms with E-state index in [9.17, 15) is 14.7 Å². The van der Waals surface area contributed by atoms with E-state index in [4.69, 9.17) is 18.9 Å². The van der Waals surface area contributed by atoms with Gasteiger partial charge in [0.25, 0.3) is 0 Å². The first-order chi connectivity index (χ1) is 32.2. The van der Waals surface area contributed by atoms with Gasteiger partial charge in [-0.15, -0.1) is 17.7 Å². The summed E-state index contributed by atoms with van der Waals surface area (Å²) in [5.74, 6) is 11.6. The predicted octanol–water partition coefficient (Wildman–Crippen LogP) is 11.4. The van der Waals surface area contributed by atoms with Crippen LogP contribution < -0.4 is 4.90 Å². The van der Waals surface area contributed by atoms with E-state index in [2.05, 4.69) is 82.0 Å². The molecule has 0 bridgehead atoms. The number of fused-ring (bicyclic) bond motifs is 9. The summed E-state index contributed by atoms with van der Waals surface area (Å²) in [7, 11) is 5.55. The van der Waals surface area contributed by atoms with Gasteiger partial charge in [0.15, 0.2) is 5.78 Å². The lowest BCUT2D eigenvalue weighted by molar-refractivity contribution is -0.215. The average molecular weight is 938 g/mol. The Bertz CT molecular complexity index is 2120. The van der Waals surface area contributed by atoms with Crippen molar-refractivity contribution < 1.29 is 33.6 Å². The number of allylic oxidation sites excluding steroid dienone is 4. The van der Waals surface area contributed by atoms with Gasteiger partial charge in [-0.2, -0.15) is 0 Å². The van der Waals surface area contributed by atoms with Gasteiger partial charge in [-0.3, -0.25) is 9.59 Å². The predicted molar refractivity (Wildman–Crippen MR) is 269 cm³/mol. The maximum atomic E-state index is 12.6.